The van der Waals surface area contributed by atoms with Crippen LogP contribution in [0, 0.1) is 0 Å². The van der Waals surface area contributed by atoms with Gasteiger partial charge in [-0.15, -0.1) is 0 Å². The maximum Gasteiger partial charge on any atom is 0.417 e. The molecule has 3 rings (SSSR count). The lowest BCUT2D eigenvalue weighted by Gasteiger charge is -2.13. The van der Waals surface area contributed by atoms with Crippen molar-refractivity contribution in [3.05, 3.63) is 65.9 Å². The molecule has 5 heteroatoms. The Labute approximate surface area is 131 Å². The molecule has 3 aromatic rings. The van der Waals surface area contributed by atoms with Gasteiger partial charge in [0.2, 0.25) is 0 Å². The number of nitrogens with one attached hydrogen (secondary N) is 1. The molecule has 0 atom stereocenters. The lowest BCUT2D eigenvalue weighted by atomic mass is 10.0. The zero-order valence-corrected chi connectivity index (χ0v) is 12.5. The van der Waals surface area contributed by atoms with E-state index in [-0.39, 0.29) is 5.56 Å². The van der Waals surface area contributed by atoms with Crippen LogP contribution in [-0.4, -0.2) is 10.7 Å². The van der Waals surface area contributed by atoms with E-state index in [9.17, 15) is 13.2 Å². The van der Waals surface area contributed by atoms with Crippen molar-refractivity contribution < 1.29 is 13.2 Å². The summed E-state index contributed by atoms with van der Waals surface area (Å²) < 4.78 is 39.6. The zero-order chi connectivity index (χ0) is 16.4. The number of fused-ring (bicyclic) bond motifs is 1. The predicted molar refractivity (Wildman–Crippen MR) is 86.2 cm³/mol. The van der Waals surface area contributed by atoms with Gasteiger partial charge in [0.05, 0.1) is 11.3 Å². The van der Waals surface area contributed by atoms with Gasteiger partial charge in [0.25, 0.3) is 0 Å². The van der Waals surface area contributed by atoms with Crippen LogP contribution in [-0.2, 0) is 6.18 Å². The summed E-state index contributed by atoms with van der Waals surface area (Å²) in [7, 11) is 0. The fraction of sp³-hybridized carbons (Fsp3) is 0.167. The van der Waals surface area contributed by atoms with E-state index in [1.807, 2.05) is 24.3 Å². The fourth-order valence-electron chi connectivity index (χ4n) is 2.61. The molecule has 0 bridgehead atoms. The van der Waals surface area contributed by atoms with Crippen LogP contribution in [0.2, 0.25) is 0 Å². The van der Waals surface area contributed by atoms with Gasteiger partial charge in [0, 0.05) is 28.4 Å². The van der Waals surface area contributed by atoms with Crippen LogP contribution in [0.5, 0.6) is 0 Å². The van der Waals surface area contributed by atoms with Gasteiger partial charge in [-0.05, 0) is 18.6 Å². The molecule has 0 aliphatic carbocycles. The Hall–Kier alpha value is -2.56. The first-order valence-electron chi connectivity index (χ1n) is 7.31. The second kappa shape index (κ2) is 5.91. The topological polar surface area (TPSA) is 28.1 Å². The number of aliphatic imine (C=N–C) groups is 1. The largest absolute Gasteiger partial charge is 0.417 e. The van der Waals surface area contributed by atoms with Crippen LogP contribution in [0.25, 0.3) is 10.9 Å². The van der Waals surface area contributed by atoms with E-state index in [1.165, 1.54) is 12.1 Å². The third kappa shape index (κ3) is 2.99. The Balaban J connectivity index is 2.14. The van der Waals surface area contributed by atoms with E-state index < -0.39 is 11.7 Å². The minimum atomic E-state index is -4.40. The molecule has 118 valence electrons. The third-order valence-electron chi connectivity index (χ3n) is 3.70. The molecule has 2 aromatic carbocycles. The zero-order valence-electron chi connectivity index (χ0n) is 12.5. The van der Waals surface area contributed by atoms with Gasteiger partial charge in [-0.1, -0.05) is 43.3 Å². The SMILES string of the molecule is CCC(=Nc1c[nH]c2ccccc12)c1ccccc1C(F)(F)F. The highest BCUT2D eigenvalue weighted by Gasteiger charge is 2.33. The Bertz CT molecular complexity index is 860. The molecule has 0 aliphatic heterocycles. The number of nitrogens with zero attached hydrogens (tertiary/aromatic N) is 1. The van der Waals surface area contributed by atoms with Gasteiger partial charge >= 0.3 is 6.18 Å². The first-order valence-corrected chi connectivity index (χ1v) is 7.31. The first-order chi connectivity index (χ1) is 11.0. The quantitative estimate of drug-likeness (QED) is 0.599. The monoisotopic (exact) mass is 316 g/mol. The Morgan fingerprint density at radius 3 is 2.48 bits per heavy atom. The average molecular weight is 316 g/mol. The van der Waals surface area contributed by atoms with Gasteiger partial charge in [-0.3, -0.25) is 4.99 Å². The molecule has 0 unspecified atom stereocenters. The van der Waals surface area contributed by atoms with Crippen molar-refractivity contribution >= 4 is 22.3 Å². The van der Waals surface area contributed by atoms with Crippen molar-refractivity contribution in [3.63, 3.8) is 0 Å². The van der Waals surface area contributed by atoms with Crippen LogP contribution < -0.4 is 0 Å². The van der Waals surface area contributed by atoms with Gasteiger partial charge in [-0.2, -0.15) is 13.2 Å². The Morgan fingerprint density at radius 1 is 1.04 bits per heavy atom. The number of aromatic amines is 1. The normalized spacial score (nSPS) is 12.8. The number of H-pyrrole nitrogens is 1. The predicted octanol–water partition coefficient (Wildman–Crippen LogP) is 5.72. The number of halogens is 3. The molecule has 0 aliphatic rings. The lowest BCUT2D eigenvalue weighted by molar-refractivity contribution is -0.137. The van der Waals surface area contributed by atoms with E-state index in [0.29, 0.717) is 17.8 Å². The number of benzene rings is 2. The standard InChI is InChI=1S/C18H15F3N2/c1-2-15(12-7-3-5-9-14(12)18(19,20)21)23-17-11-22-16-10-6-4-8-13(16)17/h3-11,22H,2H2,1H3. The highest BCUT2D eigenvalue weighted by molar-refractivity contribution is 6.05. The van der Waals surface area contributed by atoms with Gasteiger partial charge in [-0.25, -0.2) is 0 Å². The Kier molecular flexibility index (Phi) is 3.94. The molecule has 23 heavy (non-hydrogen) atoms. The molecule has 1 N–H and O–H groups in total. The van der Waals surface area contributed by atoms with Gasteiger partial charge in [0.1, 0.15) is 0 Å². The average Bonchev–Trinajstić information content (AvgIpc) is 2.95. The molecule has 0 radical (unpaired) electrons. The van der Waals surface area contributed by atoms with Gasteiger partial charge in [0.15, 0.2) is 0 Å². The van der Waals surface area contributed by atoms with E-state index in [2.05, 4.69) is 9.98 Å². The van der Waals surface area contributed by atoms with Crippen molar-refractivity contribution in [3.8, 4) is 0 Å². The number of hydrogen-bond acceptors (Lipinski definition) is 1. The van der Waals surface area contributed by atoms with Crippen molar-refractivity contribution in [2.24, 2.45) is 4.99 Å². The van der Waals surface area contributed by atoms with Crippen molar-refractivity contribution in [1.82, 2.24) is 4.98 Å². The van der Waals surface area contributed by atoms with Crippen LogP contribution in [0.15, 0.2) is 59.7 Å². The summed E-state index contributed by atoms with van der Waals surface area (Å²) in [5.41, 5.74) is 1.45. The molecule has 0 amide bonds. The molecule has 2 nitrogen and oxygen atoms in total. The molecule has 0 fully saturated rings. The second-order valence-electron chi connectivity index (χ2n) is 5.17. The lowest BCUT2D eigenvalue weighted by Crippen LogP contribution is -2.13. The van der Waals surface area contributed by atoms with E-state index in [4.69, 9.17) is 0 Å². The second-order valence-corrected chi connectivity index (χ2v) is 5.17. The molecule has 0 saturated carbocycles. The third-order valence-corrected chi connectivity index (χ3v) is 3.70. The van der Waals surface area contributed by atoms with E-state index in [1.54, 1.807) is 19.2 Å². The van der Waals surface area contributed by atoms with Crippen LogP contribution >= 0.6 is 0 Å². The molecular weight excluding hydrogens is 301 g/mol. The number of alkyl halides is 3. The van der Waals surface area contributed by atoms with Crippen molar-refractivity contribution in [1.29, 1.82) is 0 Å². The van der Waals surface area contributed by atoms with Crippen LogP contribution in [0.4, 0.5) is 18.9 Å². The highest BCUT2D eigenvalue weighted by Crippen LogP contribution is 2.34. The fourth-order valence-corrected chi connectivity index (χ4v) is 2.61. The molecule has 1 heterocycles. The highest BCUT2D eigenvalue weighted by atomic mass is 19.4. The van der Waals surface area contributed by atoms with E-state index in [0.717, 1.165) is 17.0 Å². The smallest absolute Gasteiger partial charge is 0.359 e. The maximum absolute atomic E-state index is 13.2. The number of aromatic nitrogens is 1. The summed E-state index contributed by atoms with van der Waals surface area (Å²) in [6.45, 7) is 1.81. The summed E-state index contributed by atoms with van der Waals surface area (Å²) in [4.78, 5) is 7.58. The molecule has 0 spiro atoms. The van der Waals surface area contributed by atoms with Crippen LogP contribution in [0.3, 0.4) is 0 Å². The van der Waals surface area contributed by atoms with Gasteiger partial charge < -0.3 is 4.98 Å². The number of rotatable bonds is 3. The Morgan fingerprint density at radius 2 is 1.74 bits per heavy atom. The minimum Gasteiger partial charge on any atom is -0.359 e. The van der Waals surface area contributed by atoms with E-state index >= 15 is 0 Å². The number of hydrogen-bond donors (Lipinski definition) is 1. The van der Waals surface area contributed by atoms with Crippen molar-refractivity contribution in [2.45, 2.75) is 19.5 Å². The van der Waals surface area contributed by atoms with Crippen LogP contribution in [0.1, 0.15) is 24.5 Å². The summed E-state index contributed by atoms with van der Waals surface area (Å²) in [5, 5.41) is 0.892. The molecular formula is C18H15F3N2. The first kappa shape index (κ1) is 15.3. The summed E-state index contributed by atoms with van der Waals surface area (Å²) in [5.74, 6) is 0. The summed E-state index contributed by atoms with van der Waals surface area (Å²) >= 11 is 0. The summed E-state index contributed by atoms with van der Waals surface area (Å²) in [6, 6.07) is 13.1. The molecule has 0 saturated heterocycles. The minimum absolute atomic E-state index is 0.132. The van der Waals surface area contributed by atoms with Crippen molar-refractivity contribution in [2.75, 3.05) is 0 Å². The summed E-state index contributed by atoms with van der Waals surface area (Å²) in [6.07, 6.45) is -2.27. The molecule has 1 aromatic heterocycles. The number of para-hydroxylation sites is 1. The maximum atomic E-state index is 13.2.